The van der Waals surface area contributed by atoms with Crippen molar-refractivity contribution in [1.29, 1.82) is 0 Å². The van der Waals surface area contributed by atoms with Crippen LogP contribution in [0.2, 0.25) is 0 Å². The van der Waals surface area contributed by atoms with Crippen LogP contribution in [0.25, 0.3) is 0 Å². The molecule has 0 bridgehead atoms. The van der Waals surface area contributed by atoms with E-state index < -0.39 is 0 Å². The van der Waals surface area contributed by atoms with E-state index in [0.717, 1.165) is 31.7 Å². The standard InChI is InChI=1S/C22H30N4O/c27-19-10-7-15-26(16-19)20-11-14-23-21(25-20)24-17-22(12-5-2-6-13-22)18-8-3-1-4-9-18/h1,3-4,8-9,11,14,19,27H,2,5-7,10,12-13,15-17H2,(H,23,24,25). The topological polar surface area (TPSA) is 61.3 Å². The average Bonchev–Trinajstić information content (AvgIpc) is 2.74. The maximum absolute atomic E-state index is 9.94. The molecule has 2 N–H and O–H groups in total. The number of aliphatic hydroxyl groups is 1. The maximum Gasteiger partial charge on any atom is 0.224 e. The first kappa shape index (κ1) is 18.2. The Kier molecular flexibility index (Phi) is 5.58. The second-order valence-electron chi connectivity index (χ2n) is 8.04. The first-order valence-electron chi connectivity index (χ1n) is 10.3. The Morgan fingerprint density at radius 1 is 1.07 bits per heavy atom. The fraction of sp³-hybridized carbons (Fsp3) is 0.545. The highest BCUT2D eigenvalue weighted by Gasteiger charge is 2.33. The smallest absolute Gasteiger partial charge is 0.224 e. The molecular weight excluding hydrogens is 336 g/mol. The lowest BCUT2D eigenvalue weighted by Crippen LogP contribution is -2.39. The molecule has 0 spiro atoms. The molecule has 2 aliphatic rings. The molecule has 1 saturated heterocycles. The number of piperidine rings is 1. The fourth-order valence-corrected chi connectivity index (χ4v) is 4.61. The number of hydrogen-bond donors (Lipinski definition) is 2. The summed E-state index contributed by atoms with van der Waals surface area (Å²) in [5, 5.41) is 13.5. The second kappa shape index (κ2) is 8.26. The molecule has 5 nitrogen and oxygen atoms in total. The highest BCUT2D eigenvalue weighted by molar-refractivity contribution is 5.43. The van der Waals surface area contributed by atoms with Crippen LogP contribution in [-0.4, -0.2) is 40.8 Å². The molecule has 5 heteroatoms. The number of aromatic nitrogens is 2. The molecule has 1 aromatic heterocycles. The van der Waals surface area contributed by atoms with E-state index >= 15 is 0 Å². The van der Waals surface area contributed by atoms with E-state index in [1.807, 2.05) is 12.3 Å². The Hall–Kier alpha value is -2.14. The number of nitrogens with one attached hydrogen (secondary N) is 1. The molecule has 144 valence electrons. The number of benzene rings is 1. The van der Waals surface area contributed by atoms with E-state index in [9.17, 15) is 5.11 Å². The van der Waals surface area contributed by atoms with Crippen molar-refractivity contribution >= 4 is 11.8 Å². The van der Waals surface area contributed by atoms with E-state index in [2.05, 4.69) is 45.5 Å². The predicted molar refractivity (Wildman–Crippen MR) is 109 cm³/mol. The van der Waals surface area contributed by atoms with Crippen LogP contribution < -0.4 is 10.2 Å². The molecule has 1 atom stereocenters. The van der Waals surface area contributed by atoms with Crippen molar-refractivity contribution in [3.8, 4) is 0 Å². The molecule has 2 heterocycles. The van der Waals surface area contributed by atoms with Gasteiger partial charge in [-0.15, -0.1) is 0 Å². The summed E-state index contributed by atoms with van der Waals surface area (Å²) in [6, 6.07) is 12.8. The van der Waals surface area contributed by atoms with Crippen molar-refractivity contribution in [1.82, 2.24) is 9.97 Å². The largest absolute Gasteiger partial charge is 0.391 e. The van der Waals surface area contributed by atoms with Gasteiger partial charge in [0.25, 0.3) is 0 Å². The maximum atomic E-state index is 9.94. The molecule has 0 radical (unpaired) electrons. The normalized spacial score (nSPS) is 22.4. The molecule has 27 heavy (non-hydrogen) atoms. The van der Waals surface area contributed by atoms with Crippen LogP contribution >= 0.6 is 0 Å². The zero-order valence-electron chi connectivity index (χ0n) is 16.0. The molecule has 1 aromatic carbocycles. The first-order valence-corrected chi connectivity index (χ1v) is 10.3. The first-order chi connectivity index (χ1) is 13.3. The van der Waals surface area contributed by atoms with Gasteiger partial charge in [0.2, 0.25) is 5.95 Å². The van der Waals surface area contributed by atoms with Crippen LogP contribution in [0, 0.1) is 0 Å². The van der Waals surface area contributed by atoms with E-state index in [0.29, 0.717) is 12.5 Å². The Morgan fingerprint density at radius 3 is 2.67 bits per heavy atom. The van der Waals surface area contributed by atoms with Gasteiger partial charge >= 0.3 is 0 Å². The van der Waals surface area contributed by atoms with Crippen molar-refractivity contribution in [2.75, 3.05) is 29.9 Å². The molecule has 1 unspecified atom stereocenters. The van der Waals surface area contributed by atoms with Gasteiger partial charge in [0.05, 0.1) is 6.10 Å². The predicted octanol–water partition coefficient (Wildman–Crippen LogP) is 3.75. The minimum absolute atomic E-state index is 0.167. The van der Waals surface area contributed by atoms with Gasteiger partial charge in [-0.2, -0.15) is 4.98 Å². The van der Waals surface area contributed by atoms with Gasteiger partial charge in [-0.05, 0) is 37.3 Å². The highest BCUT2D eigenvalue weighted by atomic mass is 16.3. The minimum Gasteiger partial charge on any atom is -0.391 e. The summed E-state index contributed by atoms with van der Waals surface area (Å²) in [4.78, 5) is 11.3. The number of anilines is 2. The third-order valence-electron chi connectivity index (χ3n) is 6.14. The van der Waals surface area contributed by atoms with Crippen LogP contribution in [0.3, 0.4) is 0 Å². The highest BCUT2D eigenvalue weighted by Crippen LogP contribution is 2.39. The third kappa shape index (κ3) is 4.24. The summed E-state index contributed by atoms with van der Waals surface area (Å²) in [5.74, 6) is 1.59. The number of β-amino-alcohol motifs (C(OH)–C–C–N with tert-alkyl or cyclic N) is 1. The van der Waals surface area contributed by atoms with Gasteiger partial charge in [0, 0.05) is 31.2 Å². The Balaban J connectivity index is 1.49. The van der Waals surface area contributed by atoms with Crippen molar-refractivity contribution in [2.45, 2.75) is 56.5 Å². The SMILES string of the molecule is OC1CCCN(c2ccnc(NCC3(c4ccccc4)CCCCC3)n2)C1. The molecular formula is C22H30N4O. The third-order valence-corrected chi connectivity index (χ3v) is 6.14. The summed E-state index contributed by atoms with van der Waals surface area (Å²) in [6.07, 6.45) is 9.77. The summed E-state index contributed by atoms with van der Waals surface area (Å²) in [7, 11) is 0. The van der Waals surface area contributed by atoms with E-state index in [1.165, 1.54) is 37.7 Å². The minimum atomic E-state index is -0.256. The molecule has 4 rings (SSSR count). The quantitative estimate of drug-likeness (QED) is 0.844. The monoisotopic (exact) mass is 366 g/mol. The number of aliphatic hydroxyl groups excluding tert-OH is 1. The molecule has 2 fully saturated rings. The van der Waals surface area contributed by atoms with Crippen molar-refractivity contribution < 1.29 is 5.11 Å². The summed E-state index contributed by atoms with van der Waals surface area (Å²) < 4.78 is 0. The molecule has 1 aliphatic carbocycles. The van der Waals surface area contributed by atoms with Crippen LogP contribution in [0.1, 0.15) is 50.5 Å². The van der Waals surface area contributed by atoms with E-state index in [-0.39, 0.29) is 11.5 Å². The molecule has 1 aliphatic heterocycles. The van der Waals surface area contributed by atoms with Gasteiger partial charge in [-0.3, -0.25) is 0 Å². The molecule has 2 aromatic rings. The zero-order valence-corrected chi connectivity index (χ0v) is 16.0. The lowest BCUT2D eigenvalue weighted by molar-refractivity contribution is 0.154. The summed E-state index contributed by atoms with van der Waals surface area (Å²) >= 11 is 0. The Bertz CT molecular complexity index is 730. The van der Waals surface area contributed by atoms with Gasteiger partial charge in [0.1, 0.15) is 5.82 Å². The van der Waals surface area contributed by atoms with Gasteiger partial charge in [-0.1, -0.05) is 49.6 Å². The molecule has 1 saturated carbocycles. The van der Waals surface area contributed by atoms with Crippen LogP contribution in [0.5, 0.6) is 0 Å². The molecule has 0 amide bonds. The van der Waals surface area contributed by atoms with Crippen molar-refractivity contribution in [3.05, 3.63) is 48.2 Å². The number of nitrogens with zero attached hydrogens (tertiary/aromatic N) is 3. The van der Waals surface area contributed by atoms with Crippen LogP contribution in [0.4, 0.5) is 11.8 Å². The van der Waals surface area contributed by atoms with Gasteiger partial charge < -0.3 is 15.3 Å². The Morgan fingerprint density at radius 2 is 1.89 bits per heavy atom. The lowest BCUT2D eigenvalue weighted by Gasteiger charge is -2.38. The summed E-state index contributed by atoms with van der Waals surface area (Å²) in [5.41, 5.74) is 1.59. The second-order valence-corrected chi connectivity index (χ2v) is 8.04. The summed E-state index contributed by atoms with van der Waals surface area (Å²) in [6.45, 7) is 2.47. The fourth-order valence-electron chi connectivity index (χ4n) is 4.61. The number of hydrogen-bond acceptors (Lipinski definition) is 5. The number of rotatable bonds is 5. The van der Waals surface area contributed by atoms with E-state index in [4.69, 9.17) is 4.98 Å². The van der Waals surface area contributed by atoms with E-state index in [1.54, 1.807) is 0 Å². The average molecular weight is 367 g/mol. The van der Waals surface area contributed by atoms with Gasteiger partial charge in [-0.25, -0.2) is 4.98 Å². The van der Waals surface area contributed by atoms with Crippen molar-refractivity contribution in [2.24, 2.45) is 0 Å². The lowest BCUT2D eigenvalue weighted by atomic mass is 9.69. The Labute approximate surface area is 161 Å². The van der Waals surface area contributed by atoms with Crippen LogP contribution in [0.15, 0.2) is 42.6 Å². The van der Waals surface area contributed by atoms with Crippen molar-refractivity contribution in [3.63, 3.8) is 0 Å². The van der Waals surface area contributed by atoms with Crippen LogP contribution in [-0.2, 0) is 5.41 Å². The zero-order chi connectivity index (χ0) is 18.5. The van der Waals surface area contributed by atoms with Gasteiger partial charge in [0.15, 0.2) is 0 Å².